The summed E-state index contributed by atoms with van der Waals surface area (Å²) in [7, 11) is 0. The molecule has 0 spiro atoms. The van der Waals surface area contributed by atoms with Gasteiger partial charge >= 0.3 is 5.97 Å². The smallest absolute Gasteiger partial charge is 0.310 e. The van der Waals surface area contributed by atoms with Gasteiger partial charge in [0.1, 0.15) is 11.3 Å². The van der Waals surface area contributed by atoms with Crippen LogP contribution in [0, 0.1) is 29.1 Å². The third-order valence-electron chi connectivity index (χ3n) is 6.98. The molecule has 1 unspecified atom stereocenters. The summed E-state index contributed by atoms with van der Waals surface area (Å²) in [5.41, 5.74) is -0.698. The molecular weight excluding hydrogens is 428 g/mol. The highest BCUT2D eigenvalue weighted by Crippen LogP contribution is 2.49. The Balaban J connectivity index is 3.91. The molecule has 1 aliphatic carbocycles. The maximum absolute atomic E-state index is 14.2. The number of ketones is 2. The van der Waals surface area contributed by atoms with Crippen molar-refractivity contribution in [3.05, 3.63) is 22.7 Å². The van der Waals surface area contributed by atoms with E-state index in [0.717, 1.165) is 19.3 Å². The van der Waals surface area contributed by atoms with Crippen molar-refractivity contribution in [3.63, 3.8) is 0 Å². The number of aliphatic hydroxyl groups is 1. The van der Waals surface area contributed by atoms with E-state index in [-0.39, 0.29) is 41.0 Å². The highest BCUT2D eigenvalue weighted by molar-refractivity contribution is 6.25. The van der Waals surface area contributed by atoms with Gasteiger partial charge in [0.2, 0.25) is 0 Å². The van der Waals surface area contributed by atoms with Crippen LogP contribution in [0.3, 0.4) is 0 Å². The van der Waals surface area contributed by atoms with E-state index in [1.165, 1.54) is 0 Å². The standard InChI is InChI=1S/C29H48O5/c1-10-21(9)25(31)24-26(34-23(30)11-2)22(13-12-18(3)4)27(32)29(28(24)33,16-14-19(5)6)17-15-20(7)8/h18-21,32H,10-17H2,1-9H3. The first kappa shape index (κ1) is 30.1. The summed E-state index contributed by atoms with van der Waals surface area (Å²) in [4.78, 5) is 40.2. The SMILES string of the molecule is CCC(=O)OC1=C(C(=O)C(C)CC)C(=O)C(CCC(C)C)(CCC(C)C)C(O)=C1CCC(C)C. The zero-order valence-electron chi connectivity index (χ0n) is 23.0. The number of aliphatic hydroxyl groups excluding tert-OH is 1. The molecule has 5 nitrogen and oxygen atoms in total. The zero-order valence-corrected chi connectivity index (χ0v) is 23.0. The Morgan fingerprint density at radius 1 is 0.882 bits per heavy atom. The molecule has 0 saturated heterocycles. The van der Waals surface area contributed by atoms with Crippen molar-refractivity contribution in [1.29, 1.82) is 0 Å². The van der Waals surface area contributed by atoms with Crippen LogP contribution in [-0.4, -0.2) is 22.6 Å². The lowest BCUT2D eigenvalue weighted by Crippen LogP contribution is -2.43. The van der Waals surface area contributed by atoms with E-state index < -0.39 is 11.4 Å². The van der Waals surface area contributed by atoms with Gasteiger partial charge in [-0.1, -0.05) is 62.3 Å². The fraction of sp³-hybridized carbons (Fsp3) is 0.759. The fourth-order valence-corrected chi connectivity index (χ4v) is 4.28. The van der Waals surface area contributed by atoms with E-state index in [0.29, 0.717) is 49.0 Å². The highest BCUT2D eigenvalue weighted by atomic mass is 16.5. The van der Waals surface area contributed by atoms with Crippen LogP contribution in [0.1, 0.15) is 114 Å². The number of esters is 1. The number of hydrogen-bond donors (Lipinski definition) is 1. The van der Waals surface area contributed by atoms with Crippen molar-refractivity contribution in [2.24, 2.45) is 29.1 Å². The lowest BCUT2D eigenvalue weighted by Gasteiger charge is -2.39. The van der Waals surface area contributed by atoms with Crippen molar-refractivity contribution < 1.29 is 24.2 Å². The molecule has 0 aliphatic heterocycles. The van der Waals surface area contributed by atoms with Crippen LogP contribution in [0.15, 0.2) is 22.7 Å². The minimum atomic E-state index is -1.15. The maximum atomic E-state index is 14.2. The number of hydrogen-bond acceptors (Lipinski definition) is 5. The highest BCUT2D eigenvalue weighted by Gasteiger charge is 2.51. The zero-order chi connectivity index (χ0) is 26.2. The van der Waals surface area contributed by atoms with Gasteiger partial charge in [-0.2, -0.15) is 0 Å². The Kier molecular flexibility index (Phi) is 11.7. The summed E-state index contributed by atoms with van der Waals surface area (Å²) in [6.45, 7) is 17.9. The van der Waals surface area contributed by atoms with Gasteiger partial charge in [0.15, 0.2) is 17.3 Å². The van der Waals surface area contributed by atoms with E-state index >= 15 is 0 Å². The molecule has 0 aromatic carbocycles. The predicted molar refractivity (Wildman–Crippen MR) is 137 cm³/mol. The first-order valence-electron chi connectivity index (χ1n) is 13.3. The summed E-state index contributed by atoms with van der Waals surface area (Å²) in [5, 5.41) is 11.8. The summed E-state index contributed by atoms with van der Waals surface area (Å²) in [5.74, 6) is -0.513. The summed E-state index contributed by atoms with van der Waals surface area (Å²) >= 11 is 0. The van der Waals surface area contributed by atoms with E-state index in [2.05, 4.69) is 41.5 Å². The van der Waals surface area contributed by atoms with Crippen LogP contribution < -0.4 is 0 Å². The van der Waals surface area contributed by atoms with E-state index in [1.54, 1.807) is 13.8 Å². The van der Waals surface area contributed by atoms with Gasteiger partial charge in [0, 0.05) is 17.9 Å². The van der Waals surface area contributed by atoms with Crippen LogP contribution in [-0.2, 0) is 19.1 Å². The van der Waals surface area contributed by atoms with Crippen molar-refractivity contribution in [2.45, 2.75) is 114 Å². The molecule has 1 rings (SSSR count). The van der Waals surface area contributed by atoms with Gasteiger partial charge in [-0.25, -0.2) is 0 Å². The molecule has 1 N–H and O–H groups in total. The van der Waals surface area contributed by atoms with Gasteiger partial charge in [0.25, 0.3) is 0 Å². The van der Waals surface area contributed by atoms with E-state index in [9.17, 15) is 19.5 Å². The molecule has 1 aliphatic rings. The van der Waals surface area contributed by atoms with E-state index in [1.807, 2.05) is 6.92 Å². The van der Waals surface area contributed by atoms with Crippen LogP contribution in [0.2, 0.25) is 0 Å². The Labute approximate surface area is 207 Å². The Morgan fingerprint density at radius 3 is 1.79 bits per heavy atom. The molecule has 0 amide bonds. The normalized spacial score (nSPS) is 17.2. The average Bonchev–Trinajstić information content (AvgIpc) is 2.77. The van der Waals surface area contributed by atoms with Crippen molar-refractivity contribution in [2.75, 3.05) is 0 Å². The minimum absolute atomic E-state index is 0.00465. The molecule has 194 valence electrons. The molecule has 0 heterocycles. The van der Waals surface area contributed by atoms with Gasteiger partial charge in [-0.15, -0.1) is 0 Å². The van der Waals surface area contributed by atoms with Gasteiger partial charge < -0.3 is 9.84 Å². The largest absolute Gasteiger partial charge is 0.511 e. The lowest BCUT2D eigenvalue weighted by atomic mass is 9.64. The molecule has 0 aromatic heterocycles. The molecule has 5 heteroatoms. The van der Waals surface area contributed by atoms with Crippen LogP contribution in [0.5, 0.6) is 0 Å². The van der Waals surface area contributed by atoms with Crippen molar-refractivity contribution >= 4 is 17.5 Å². The average molecular weight is 477 g/mol. The number of Topliss-reactive ketones (excluding diaryl/α,β-unsaturated/α-hetero) is 2. The Morgan fingerprint density at radius 2 is 1.38 bits per heavy atom. The summed E-state index contributed by atoms with van der Waals surface area (Å²) in [6, 6.07) is 0. The third-order valence-corrected chi connectivity index (χ3v) is 6.98. The van der Waals surface area contributed by atoms with Gasteiger partial charge in [0.05, 0.1) is 5.41 Å². The molecule has 0 fully saturated rings. The first-order chi connectivity index (χ1) is 15.8. The van der Waals surface area contributed by atoms with Crippen molar-refractivity contribution in [1.82, 2.24) is 0 Å². The molecule has 1 atom stereocenters. The van der Waals surface area contributed by atoms with Crippen molar-refractivity contribution in [3.8, 4) is 0 Å². The predicted octanol–water partition coefficient (Wildman–Crippen LogP) is 7.50. The number of ether oxygens (including phenoxy) is 1. The molecule has 0 radical (unpaired) electrons. The number of carbonyl (C=O) groups is 3. The topological polar surface area (TPSA) is 80.7 Å². The molecule has 34 heavy (non-hydrogen) atoms. The second kappa shape index (κ2) is 13.3. The van der Waals surface area contributed by atoms with E-state index in [4.69, 9.17) is 4.74 Å². The summed E-state index contributed by atoms with van der Waals surface area (Å²) < 4.78 is 5.68. The Hall–Kier alpha value is -1.91. The van der Waals surface area contributed by atoms with Gasteiger partial charge in [-0.05, 0) is 62.7 Å². The first-order valence-corrected chi connectivity index (χ1v) is 13.3. The van der Waals surface area contributed by atoms with Crippen LogP contribution in [0.4, 0.5) is 0 Å². The molecular formula is C29H48O5. The monoisotopic (exact) mass is 476 g/mol. The van der Waals surface area contributed by atoms with Crippen LogP contribution >= 0.6 is 0 Å². The second-order valence-corrected chi connectivity index (χ2v) is 11.2. The Bertz CT molecular complexity index is 785. The lowest BCUT2D eigenvalue weighted by molar-refractivity contribution is -0.139. The maximum Gasteiger partial charge on any atom is 0.310 e. The molecule has 0 aromatic rings. The summed E-state index contributed by atoms with van der Waals surface area (Å²) in [6.07, 6.45) is 4.33. The second-order valence-electron chi connectivity index (χ2n) is 11.2. The van der Waals surface area contributed by atoms with Crippen LogP contribution in [0.25, 0.3) is 0 Å². The molecule has 0 bridgehead atoms. The fourth-order valence-electron chi connectivity index (χ4n) is 4.28. The number of allylic oxidation sites excluding steroid dienone is 3. The van der Waals surface area contributed by atoms with Gasteiger partial charge in [-0.3, -0.25) is 14.4 Å². The quantitative estimate of drug-likeness (QED) is 0.207. The minimum Gasteiger partial charge on any atom is -0.511 e. The molecule has 0 saturated carbocycles. The third kappa shape index (κ3) is 7.29. The number of rotatable bonds is 14. The number of carbonyl (C=O) groups excluding carboxylic acids is 3.